The molecule has 0 aliphatic carbocycles. The van der Waals surface area contributed by atoms with E-state index in [4.69, 9.17) is 5.73 Å². The van der Waals surface area contributed by atoms with E-state index in [-0.39, 0.29) is 29.2 Å². The number of fused-ring (bicyclic) bond motifs is 1. The Bertz CT molecular complexity index is 1640. The smallest absolute Gasteiger partial charge is 0.267 e. The van der Waals surface area contributed by atoms with Crippen molar-refractivity contribution < 1.29 is 35.1 Å². The van der Waals surface area contributed by atoms with Gasteiger partial charge in [0.15, 0.2) is 28.7 Å². The Morgan fingerprint density at radius 2 is 1.62 bits per heavy atom. The molecule has 2 amide bonds. The molecule has 12 heteroatoms. The van der Waals surface area contributed by atoms with E-state index in [1.165, 1.54) is 36.6 Å². The van der Waals surface area contributed by atoms with Crippen LogP contribution in [0.1, 0.15) is 16.7 Å². The van der Waals surface area contributed by atoms with Crippen molar-refractivity contribution in [2.24, 2.45) is 5.73 Å². The molecule has 4 aromatic rings. The lowest BCUT2D eigenvalue weighted by molar-refractivity contribution is -0.126. The number of phenols is 5. The van der Waals surface area contributed by atoms with Gasteiger partial charge in [0.2, 0.25) is 5.91 Å². The number of halogens is 1. The number of carbonyl (C=O) groups excluding carboxylic acids is 2. The molecule has 0 aliphatic heterocycles. The molecule has 206 valence electrons. The summed E-state index contributed by atoms with van der Waals surface area (Å²) in [5.74, 6) is -3.86. The fourth-order valence-corrected chi connectivity index (χ4v) is 4.28. The van der Waals surface area contributed by atoms with E-state index in [9.17, 15) is 35.1 Å². The number of carbonyl (C=O) groups is 2. The Kier molecular flexibility index (Phi) is 8.20. The highest BCUT2D eigenvalue weighted by Gasteiger charge is 2.23. The van der Waals surface area contributed by atoms with Crippen LogP contribution in [0.2, 0.25) is 0 Å². The molecule has 3 aromatic carbocycles. The molecule has 40 heavy (non-hydrogen) atoms. The lowest BCUT2D eigenvalue weighted by Crippen LogP contribution is -2.47. The Morgan fingerprint density at radius 1 is 0.925 bits per heavy atom. The van der Waals surface area contributed by atoms with Crippen molar-refractivity contribution in [3.8, 4) is 28.7 Å². The van der Waals surface area contributed by atoms with E-state index in [1.807, 2.05) is 18.2 Å². The summed E-state index contributed by atoms with van der Waals surface area (Å²) in [7, 11) is 0. The topological polar surface area (TPSA) is 201 Å². The fraction of sp³-hybridized carbons (Fsp3) is 0.0714. The third kappa shape index (κ3) is 6.48. The van der Waals surface area contributed by atoms with Gasteiger partial charge in [0.05, 0.1) is 5.70 Å². The van der Waals surface area contributed by atoms with Crippen LogP contribution >= 0.6 is 15.9 Å². The van der Waals surface area contributed by atoms with Crippen molar-refractivity contribution in [1.29, 1.82) is 0 Å². The minimum atomic E-state index is -1.08. The molecule has 0 radical (unpaired) electrons. The molecular weight excluding hydrogens is 584 g/mol. The van der Waals surface area contributed by atoms with Gasteiger partial charge in [0.1, 0.15) is 6.04 Å². The maximum absolute atomic E-state index is 13.2. The monoisotopic (exact) mass is 608 g/mol. The first kappa shape index (κ1) is 27.9. The van der Waals surface area contributed by atoms with Gasteiger partial charge in [-0.3, -0.25) is 9.59 Å². The van der Waals surface area contributed by atoms with Crippen molar-refractivity contribution in [1.82, 2.24) is 15.6 Å². The van der Waals surface area contributed by atoms with Crippen LogP contribution in [0.5, 0.6) is 28.7 Å². The number of nitrogens with two attached hydrogens (primary N) is 1. The molecule has 1 heterocycles. The van der Waals surface area contributed by atoms with Gasteiger partial charge in [-0.15, -0.1) is 0 Å². The van der Waals surface area contributed by atoms with Gasteiger partial charge in [-0.05, 0) is 65.2 Å². The van der Waals surface area contributed by atoms with Crippen LogP contribution in [0.25, 0.3) is 23.1 Å². The summed E-state index contributed by atoms with van der Waals surface area (Å²) in [5, 5.41) is 54.2. The average molecular weight is 609 g/mol. The van der Waals surface area contributed by atoms with Gasteiger partial charge in [0, 0.05) is 34.2 Å². The summed E-state index contributed by atoms with van der Waals surface area (Å²) in [4.78, 5) is 29.3. The number of H-pyrrole nitrogens is 1. The highest BCUT2D eigenvalue weighted by molar-refractivity contribution is 9.10. The molecule has 1 aromatic heterocycles. The second kappa shape index (κ2) is 11.7. The third-order valence-electron chi connectivity index (χ3n) is 5.95. The van der Waals surface area contributed by atoms with Crippen molar-refractivity contribution in [3.05, 3.63) is 87.8 Å². The van der Waals surface area contributed by atoms with Crippen molar-refractivity contribution in [2.45, 2.75) is 12.5 Å². The predicted octanol–water partition coefficient (Wildman–Crippen LogP) is 3.27. The number of aromatic nitrogens is 1. The van der Waals surface area contributed by atoms with E-state index in [2.05, 4.69) is 31.5 Å². The van der Waals surface area contributed by atoms with Gasteiger partial charge in [-0.25, -0.2) is 0 Å². The average Bonchev–Trinajstić information content (AvgIpc) is 3.30. The summed E-state index contributed by atoms with van der Waals surface area (Å²) < 4.78 is 0.866. The Balaban J connectivity index is 1.56. The molecule has 1 atom stereocenters. The van der Waals surface area contributed by atoms with E-state index in [0.717, 1.165) is 33.1 Å². The van der Waals surface area contributed by atoms with Crippen LogP contribution in [0, 0.1) is 0 Å². The maximum atomic E-state index is 13.2. The minimum Gasteiger partial charge on any atom is -0.504 e. The van der Waals surface area contributed by atoms with Crippen LogP contribution in [0.3, 0.4) is 0 Å². The quantitative estimate of drug-likeness (QED) is 0.107. The summed E-state index contributed by atoms with van der Waals surface area (Å²) in [5.41, 5.74) is 7.85. The van der Waals surface area contributed by atoms with Gasteiger partial charge < -0.3 is 46.9 Å². The van der Waals surface area contributed by atoms with Crippen molar-refractivity contribution >= 4 is 50.8 Å². The van der Waals surface area contributed by atoms with Crippen LogP contribution in [0.4, 0.5) is 0 Å². The highest BCUT2D eigenvalue weighted by Crippen LogP contribution is 2.35. The number of nitrogens with one attached hydrogen (secondary N) is 3. The summed E-state index contributed by atoms with van der Waals surface area (Å²) >= 11 is 3.42. The number of phenolic OH excluding ortho intramolecular Hbond substituents is 5. The van der Waals surface area contributed by atoms with E-state index < -0.39 is 35.1 Å². The summed E-state index contributed by atoms with van der Waals surface area (Å²) in [6.07, 6.45) is 5.84. The Labute approximate surface area is 236 Å². The van der Waals surface area contributed by atoms with Crippen LogP contribution in [-0.4, -0.2) is 48.4 Å². The highest BCUT2D eigenvalue weighted by atomic mass is 79.9. The molecule has 0 bridgehead atoms. The van der Waals surface area contributed by atoms with Gasteiger partial charge >= 0.3 is 0 Å². The van der Waals surface area contributed by atoms with Crippen LogP contribution in [-0.2, 0) is 16.0 Å². The van der Waals surface area contributed by atoms with Crippen molar-refractivity contribution in [2.75, 3.05) is 0 Å². The zero-order chi connectivity index (χ0) is 29.0. The number of hydrogen-bond acceptors (Lipinski definition) is 8. The van der Waals surface area contributed by atoms with Gasteiger partial charge in [-0.1, -0.05) is 28.1 Å². The zero-order valence-electron chi connectivity index (χ0n) is 20.7. The van der Waals surface area contributed by atoms with Crippen LogP contribution in [0.15, 0.2) is 71.1 Å². The van der Waals surface area contributed by atoms with E-state index >= 15 is 0 Å². The maximum Gasteiger partial charge on any atom is 0.267 e. The molecule has 0 spiro atoms. The Hall–Kier alpha value is -5.10. The van der Waals surface area contributed by atoms with Crippen LogP contribution < -0.4 is 16.4 Å². The number of benzene rings is 3. The first-order valence-electron chi connectivity index (χ1n) is 11.8. The lowest BCUT2D eigenvalue weighted by Gasteiger charge is -2.17. The number of hydrogen-bond donors (Lipinski definition) is 9. The molecule has 11 nitrogen and oxygen atoms in total. The predicted molar refractivity (Wildman–Crippen MR) is 152 cm³/mol. The second-order valence-electron chi connectivity index (χ2n) is 8.83. The molecular formula is C28H25BrN4O7. The SMILES string of the molecule is N/C(=C\c1cc(O)c(O)c(O)c1)C(=O)N[C@@H](Cc1c[nH]c2cc(Br)ccc12)C(=O)N/C=C/c1ccc(O)c(O)c1. The summed E-state index contributed by atoms with van der Waals surface area (Å²) in [6.45, 7) is 0. The third-order valence-corrected chi connectivity index (χ3v) is 6.45. The van der Waals surface area contributed by atoms with Crippen molar-refractivity contribution in [3.63, 3.8) is 0 Å². The lowest BCUT2D eigenvalue weighted by atomic mass is 10.0. The van der Waals surface area contributed by atoms with E-state index in [1.54, 1.807) is 6.20 Å². The second-order valence-corrected chi connectivity index (χ2v) is 9.75. The first-order valence-corrected chi connectivity index (χ1v) is 12.6. The molecule has 10 N–H and O–H groups in total. The van der Waals surface area contributed by atoms with E-state index in [0.29, 0.717) is 5.56 Å². The largest absolute Gasteiger partial charge is 0.504 e. The molecule has 4 rings (SSSR count). The Morgan fingerprint density at radius 3 is 2.33 bits per heavy atom. The normalized spacial score (nSPS) is 12.5. The standard InChI is InChI=1S/C28H25BrN4O7/c29-17-2-3-18-16(13-32-20(18)12-17)11-21(28(40)31-6-5-14-1-4-22(34)23(35)8-14)33-27(39)19(30)7-15-9-24(36)26(38)25(37)10-15/h1-10,12-13,21,32,34-38H,11,30H2,(H,31,40)(H,33,39)/b6-5+,19-7-/t21-/m0/s1. The molecule has 0 saturated heterocycles. The number of aromatic amines is 1. The summed E-state index contributed by atoms with van der Waals surface area (Å²) in [6, 6.07) is 10.9. The first-order chi connectivity index (χ1) is 19.0. The number of rotatable bonds is 8. The number of amides is 2. The molecule has 0 aliphatic rings. The molecule has 0 unspecified atom stereocenters. The molecule has 0 saturated carbocycles. The minimum absolute atomic E-state index is 0.0983. The molecule has 0 fully saturated rings. The fourth-order valence-electron chi connectivity index (χ4n) is 3.92. The van der Waals surface area contributed by atoms with Gasteiger partial charge in [0.25, 0.3) is 5.91 Å². The number of aromatic hydroxyl groups is 5. The zero-order valence-corrected chi connectivity index (χ0v) is 22.3. The van der Waals surface area contributed by atoms with Gasteiger partial charge in [-0.2, -0.15) is 0 Å².